The van der Waals surface area contributed by atoms with Crippen LogP contribution < -0.4 is 10.6 Å². The molecule has 20 heavy (non-hydrogen) atoms. The van der Waals surface area contributed by atoms with Gasteiger partial charge in [-0.3, -0.25) is 9.59 Å². The summed E-state index contributed by atoms with van der Waals surface area (Å²) in [5.41, 5.74) is 0.829. The zero-order valence-electron chi connectivity index (χ0n) is 11.6. The van der Waals surface area contributed by atoms with Crippen molar-refractivity contribution in [3.63, 3.8) is 0 Å². The lowest BCUT2D eigenvalue weighted by atomic mass is 10.1. The Labute approximate surface area is 117 Å². The number of carbonyl (C=O) groups excluding carboxylic acids is 2. The summed E-state index contributed by atoms with van der Waals surface area (Å²) < 4.78 is 0. The number of hydrogen-bond acceptors (Lipinski definition) is 4. The average Bonchev–Trinajstić information content (AvgIpc) is 2.42. The number of aliphatic hydroxyl groups is 2. The number of nitrogens with one attached hydrogen (secondary N) is 2. The first-order valence-electron chi connectivity index (χ1n) is 6.42. The van der Waals surface area contributed by atoms with Crippen molar-refractivity contribution in [1.82, 2.24) is 10.6 Å². The predicted molar refractivity (Wildman–Crippen MR) is 74.5 cm³/mol. The minimum absolute atomic E-state index is 0.176. The molecule has 2 atom stereocenters. The average molecular weight is 280 g/mol. The molecule has 1 rings (SSSR count). The molecule has 2 unspecified atom stereocenters. The van der Waals surface area contributed by atoms with Crippen molar-refractivity contribution in [2.75, 3.05) is 13.1 Å². The molecule has 1 aromatic rings. The van der Waals surface area contributed by atoms with Crippen LogP contribution in [0.3, 0.4) is 0 Å². The molecule has 6 nitrogen and oxygen atoms in total. The molecule has 0 radical (unpaired) electrons. The van der Waals surface area contributed by atoms with Gasteiger partial charge >= 0.3 is 0 Å². The summed E-state index contributed by atoms with van der Waals surface area (Å²) in [6, 6.07) is 6.15. The largest absolute Gasteiger partial charge is 0.392 e. The molecule has 0 bridgehead atoms. The molecule has 0 aliphatic heterocycles. The zero-order valence-corrected chi connectivity index (χ0v) is 11.6. The molecule has 0 heterocycles. The normalized spacial score (nSPS) is 13.4. The van der Waals surface area contributed by atoms with E-state index in [1.807, 2.05) is 0 Å². The standard InChI is InChI=1S/C14H20N2O4/c1-9(17)7-15-13(19)11-3-5-12(6-4-11)14(20)16-8-10(2)18/h3-6,9-10,17-18H,7-8H2,1-2H3,(H,15,19)(H,16,20). The van der Waals surface area contributed by atoms with Gasteiger partial charge in [-0.15, -0.1) is 0 Å². The first-order valence-corrected chi connectivity index (χ1v) is 6.42. The fraction of sp³-hybridized carbons (Fsp3) is 0.429. The third-order valence-electron chi connectivity index (χ3n) is 2.53. The molecule has 1 aromatic carbocycles. The molecule has 6 heteroatoms. The van der Waals surface area contributed by atoms with Crippen molar-refractivity contribution in [1.29, 1.82) is 0 Å². The Morgan fingerprint density at radius 2 is 1.20 bits per heavy atom. The summed E-state index contributed by atoms with van der Waals surface area (Å²) in [6.45, 7) is 3.51. The lowest BCUT2D eigenvalue weighted by molar-refractivity contribution is 0.0914. The second kappa shape index (κ2) is 7.62. The quantitative estimate of drug-likeness (QED) is 0.585. The Kier molecular flexibility index (Phi) is 6.14. The highest BCUT2D eigenvalue weighted by molar-refractivity contribution is 5.97. The van der Waals surface area contributed by atoms with Gasteiger partial charge in [-0.05, 0) is 38.1 Å². The van der Waals surface area contributed by atoms with Gasteiger partial charge in [0, 0.05) is 24.2 Å². The molecule has 0 spiro atoms. The maximum absolute atomic E-state index is 11.7. The van der Waals surface area contributed by atoms with Gasteiger partial charge in [0.15, 0.2) is 0 Å². The van der Waals surface area contributed by atoms with Crippen LogP contribution in [0.25, 0.3) is 0 Å². The van der Waals surface area contributed by atoms with Crippen LogP contribution in [-0.2, 0) is 0 Å². The fourth-order valence-electron chi connectivity index (χ4n) is 1.46. The van der Waals surface area contributed by atoms with E-state index in [4.69, 9.17) is 10.2 Å². The van der Waals surface area contributed by atoms with E-state index in [0.29, 0.717) is 11.1 Å². The molecule has 0 saturated carbocycles. The van der Waals surface area contributed by atoms with Crippen molar-refractivity contribution in [2.24, 2.45) is 0 Å². The molecule has 0 aliphatic rings. The van der Waals surface area contributed by atoms with Gasteiger partial charge in [0.25, 0.3) is 11.8 Å². The van der Waals surface area contributed by atoms with Crippen molar-refractivity contribution < 1.29 is 19.8 Å². The maximum atomic E-state index is 11.7. The summed E-state index contributed by atoms with van der Waals surface area (Å²) in [7, 11) is 0. The van der Waals surface area contributed by atoms with E-state index in [9.17, 15) is 9.59 Å². The van der Waals surface area contributed by atoms with E-state index in [2.05, 4.69) is 10.6 Å². The Morgan fingerprint density at radius 1 is 0.900 bits per heavy atom. The monoisotopic (exact) mass is 280 g/mol. The van der Waals surface area contributed by atoms with Gasteiger partial charge in [-0.1, -0.05) is 0 Å². The third-order valence-corrected chi connectivity index (χ3v) is 2.53. The van der Waals surface area contributed by atoms with E-state index < -0.39 is 12.2 Å². The van der Waals surface area contributed by atoms with Crippen LogP contribution in [0.15, 0.2) is 24.3 Å². The number of rotatable bonds is 6. The van der Waals surface area contributed by atoms with E-state index in [1.165, 1.54) is 24.3 Å². The maximum Gasteiger partial charge on any atom is 0.251 e. The molecule has 0 aromatic heterocycles. The first kappa shape index (κ1) is 16.1. The molecule has 0 saturated heterocycles. The topological polar surface area (TPSA) is 98.7 Å². The van der Waals surface area contributed by atoms with Crippen LogP contribution in [0.1, 0.15) is 34.6 Å². The van der Waals surface area contributed by atoms with Crippen LogP contribution in [0.5, 0.6) is 0 Å². The van der Waals surface area contributed by atoms with Gasteiger partial charge in [-0.2, -0.15) is 0 Å². The summed E-state index contributed by atoms with van der Waals surface area (Å²) in [5, 5.41) is 23.3. The van der Waals surface area contributed by atoms with E-state index >= 15 is 0 Å². The summed E-state index contributed by atoms with van der Waals surface area (Å²) in [5.74, 6) is -0.608. The Bertz CT molecular complexity index is 412. The SMILES string of the molecule is CC(O)CNC(=O)c1ccc(C(=O)NCC(C)O)cc1. The highest BCUT2D eigenvalue weighted by Crippen LogP contribution is 2.04. The zero-order chi connectivity index (χ0) is 15.1. The molecule has 110 valence electrons. The predicted octanol–water partition coefficient (Wildman–Crippen LogP) is -0.0922. The van der Waals surface area contributed by atoms with Gasteiger partial charge in [0.2, 0.25) is 0 Å². The van der Waals surface area contributed by atoms with Gasteiger partial charge < -0.3 is 20.8 Å². The summed E-state index contributed by atoms with van der Waals surface area (Å²) in [6.07, 6.45) is -1.21. The minimum atomic E-state index is -0.607. The smallest absolute Gasteiger partial charge is 0.251 e. The van der Waals surface area contributed by atoms with Crippen LogP contribution in [0.2, 0.25) is 0 Å². The Morgan fingerprint density at radius 3 is 1.45 bits per heavy atom. The number of benzene rings is 1. The van der Waals surface area contributed by atoms with Crippen LogP contribution >= 0.6 is 0 Å². The van der Waals surface area contributed by atoms with E-state index in [0.717, 1.165) is 0 Å². The Balaban J connectivity index is 2.59. The molecular weight excluding hydrogens is 260 g/mol. The van der Waals surface area contributed by atoms with Crippen LogP contribution in [-0.4, -0.2) is 47.3 Å². The van der Waals surface area contributed by atoms with Gasteiger partial charge in [0.05, 0.1) is 12.2 Å². The highest BCUT2D eigenvalue weighted by atomic mass is 16.3. The second-order valence-electron chi connectivity index (χ2n) is 4.70. The van der Waals surface area contributed by atoms with Crippen molar-refractivity contribution >= 4 is 11.8 Å². The number of amides is 2. The number of hydrogen-bond donors (Lipinski definition) is 4. The Hall–Kier alpha value is -1.92. The molecule has 0 fully saturated rings. The van der Waals surface area contributed by atoms with Crippen LogP contribution in [0.4, 0.5) is 0 Å². The van der Waals surface area contributed by atoms with E-state index in [1.54, 1.807) is 13.8 Å². The fourth-order valence-corrected chi connectivity index (χ4v) is 1.46. The van der Waals surface area contributed by atoms with Crippen molar-refractivity contribution in [3.8, 4) is 0 Å². The van der Waals surface area contributed by atoms with E-state index in [-0.39, 0.29) is 24.9 Å². The minimum Gasteiger partial charge on any atom is -0.392 e. The summed E-state index contributed by atoms with van der Waals surface area (Å²) in [4.78, 5) is 23.4. The van der Waals surface area contributed by atoms with Crippen LogP contribution in [0, 0.1) is 0 Å². The molecular formula is C14H20N2O4. The lowest BCUT2D eigenvalue weighted by Crippen LogP contribution is -2.31. The van der Waals surface area contributed by atoms with Gasteiger partial charge in [0.1, 0.15) is 0 Å². The molecule has 0 aliphatic carbocycles. The third kappa shape index (κ3) is 5.38. The highest BCUT2D eigenvalue weighted by Gasteiger charge is 2.09. The first-order chi connectivity index (χ1) is 9.40. The van der Waals surface area contributed by atoms with Crippen molar-refractivity contribution in [2.45, 2.75) is 26.1 Å². The molecule has 4 N–H and O–H groups in total. The van der Waals surface area contributed by atoms with Gasteiger partial charge in [-0.25, -0.2) is 0 Å². The second-order valence-corrected chi connectivity index (χ2v) is 4.70. The summed E-state index contributed by atoms with van der Waals surface area (Å²) >= 11 is 0. The number of aliphatic hydroxyl groups excluding tert-OH is 2. The molecule has 2 amide bonds. The number of carbonyl (C=O) groups is 2. The van der Waals surface area contributed by atoms with Crippen molar-refractivity contribution in [3.05, 3.63) is 35.4 Å². The lowest BCUT2D eigenvalue weighted by Gasteiger charge is -2.09.